The van der Waals surface area contributed by atoms with Gasteiger partial charge >= 0.3 is 0 Å². The largest absolute Gasteiger partial charge is 0.487 e. The zero-order valence-electron chi connectivity index (χ0n) is 11.8. The Labute approximate surface area is 124 Å². The molecule has 0 radical (unpaired) electrons. The molecule has 0 atom stereocenters. The molecule has 1 aromatic carbocycles. The van der Waals surface area contributed by atoms with E-state index in [4.69, 9.17) is 4.74 Å². The van der Waals surface area contributed by atoms with Crippen molar-refractivity contribution in [2.45, 2.75) is 39.3 Å². The van der Waals surface area contributed by atoms with Crippen LogP contribution < -0.4 is 10.1 Å². The van der Waals surface area contributed by atoms with Gasteiger partial charge in [0.15, 0.2) is 0 Å². The average Bonchev–Trinajstić information content (AvgIpc) is 3.11. The van der Waals surface area contributed by atoms with Crippen LogP contribution in [0.4, 0.5) is 0 Å². The molecular weight excluding hydrogens is 268 g/mol. The lowest BCUT2D eigenvalue weighted by Gasteiger charge is -2.06. The summed E-state index contributed by atoms with van der Waals surface area (Å²) in [6.07, 6.45) is 3.68. The van der Waals surface area contributed by atoms with Crippen molar-refractivity contribution in [3.63, 3.8) is 0 Å². The van der Waals surface area contributed by atoms with E-state index in [2.05, 4.69) is 40.8 Å². The Hall–Kier alpha value is -1.39. The van der Waals surface area contributed by atoms with Crippen LogP contribution in [0.3, 0.4) is 0 Å². The van der Waals surface area contributed by atoms with Crippen LogP contribution in [0, 0.1) is 0 Å². The molecule has 106 valence electrons. The molecule has 1 aliphatic carbocycles. The van der Waals surface area contributed by atoms with Gasteiger partial charge in [0.1, 0.15) is 17.4 Å². The molecule has 4 heteroatoms. The molecule has 1 N–H and O–H groups in total. The highest BCUT2D eigenvalue weighted by Gasteiger charge is 2.11. The number of nitrogens with one attached hydrogen (secondary N) is 1. The molecule has 0 fully saturated rings. The topological polar surface area (TPSA) is 34.2 Å². The highest BCUT2D eigenvalue weighted by molar-refractivity contribution is 7.09. The van der Waals surface area contributed by atoms with Crippen LogP contribution in [0.25, 0.3) is 0 Å². The number of ether oxygens (including phenoxy) is 1. The minimum atomic E-state index is 0.557. The molecule has 0 saturated carbocycles. The van der Waals surface area contributed by atoms with Gasteiger partial charge in [-0.2, -0.15) is 0 Å². The lowest BCUT2D eigenvalue weighted by Crippen LogP contribution is -2.11. The Morgan fingerprint density at radius 3 is 3.10 bits per heavy atom. The predicted molar refractivity (Wildman–Crippen MR) is 82.3 cm³/mol. The van der Waals surface area contributed by atoms with Crippen molar-refractivity contribution in [2.24, 2.45) is 0 Å². The quantitative estimate of drug-likeness (QED) is 0.885. The first-order chi connectivity index (χ1) is 9.85. The first-order valence-corrected chi connectivity index (χ1v) is 8.11. The number of thiazole rings is 1. The molecule has 1 aliphatic rings. The molecule has 0 aliphatic heterocycles. The van der Waals surface area contributed by atoms with Crippen molar-refractivity contribution < 1.29 is 4.74 Å². The van der Waals surface area contributed by atoms with Crippen LogP contribution in [0.5, 0.6) is 5.75 Å². The molecular formula is C16H20N2OS. The van der Waals surface area contributed by atoms with Crippen molar-refractivity contribution in [2.75, 3.05) is 6.54 Å². The lowest BCUT2D eigenvalue weighted by molar-refractivity contribution is 0.301. The SMILES string of the molecule is CCNCc1nc(COc2ccc3c(c2)CCC3)cs1. The van der Waals surface area contributed by atoms with Gasteiger partial charge in [0.2, 0.25) is 0 Å². The summed E-state index contributed by atoms with van der Waals surface area (Å²) in [6, 6.07) is 6.47. The van der Waals surface area contributed by atoms with Crippen LogP contribution in [-0.4, -0.2) is 11.5 Å². The van der Waals surface area contributed by atoms with Gasteiger partial charge < -0.3 is 10.1 Å². The predicted octanol–water partition coefficient (Wildman–Crippen LogP) is 3.32. The summed E-state index contributed by atoms with van der Waals surface area (Å²) in [5.41, 5.74) is 3.95. The second-order valence-electron chi connectivity index (χ2n) is 5.09. The van der Waals surface area contributed by atoms with E-state index in [-0.39, 0.29) is 0 Å². The number of aryl methyl sites for hydroxylation is 2. The molecule has 0 spiro atoms. The molecule has 1 heterocycles. The number of hydrogen-bond donors (Lipinski definition) is 1. The zero-order valence-corrected chi connectivity index (χ0v) is 12.6. The summed E-state index contributed by atoms with van der Waals surface area (Å²) >= 11 is 1.69. The fourth-order valence-electron chi connectivity index (χ4n) is 2.52. The van der Waals surface area contributed by atoms with Gasteiger partial charge in [-0.1, -0.05) is 13.0 Å². The maximum absolute atomic E-state index is 5.86. The minimum Gasteiger partial charge on any atom is -0.487 e. The highest BCUT2D eigenvalue weighted by atomic mass is 32.1. The minimum absolute atomic E-state index is 0.557. The van der Waals surface area contributed by atoms with Gasteiger partial charge in [0.25, 0.3) is 0 Å². The van der Waals surface area contributed by atoms with Gasteiger partial charge in [0, 0.05) is 11.9 Å². The van der Waals surface area contributed by atoms with Crippen LogP contribution in [0.1, 0.15) is 35.2 Å². The third kappa shape index (κ3) is 3.19. The molecule has 20 heavy (non-hydrogen) atoms. The van der Waals surface area contributed by atoms with Gasteiger partial charge in [0.05, 0.1) is 5.69 Å². The normalized spacial score (nSPS) is 13.4. The summed E-state index contributed by atoms with van der Waals surface area (Å²) < 4.78 is 5.86. The van der Waals surface area contributed by atoms with Crippen LogP contribution in [0.2, 0.25) is 0 Å². The van der Waals surface area contributed by atoms with E-state index in [0.717, 1.165) is 29.5 Å². The number of fused-ring (bicyclic) bond motifs is 1. The van der Waals surface area contributed by atoms with E-state index < -0.39 is 0 Å². The van der Waals surface area contributed by atoms with Crippen LogP contribution in [-0.2, 0) is 26.0 Å². The monoisotopic (exact) mass is 288 g/mol. The van der Waals surface area contributed by atoms with Crippen LogP contribution in [0.15, 0.2) is 23.6 Å². The van der Waals surface area contributed by atoms with Crippen molar-refractivity contribution in [1.29, 1.82) is 0 Å². The standard InChI is InChI=1S/C16H20N2OS/c1-2-17-9-16-18-14(11-20-16)10-19-15-7-6-12-4-3-5-13(12)8-15/h6-8,11,17H,2-5,9-10H2,1H3. The lowest BCUT2D eigenvalue weighted by atomic mass is 10.1. The second kappa shape index (κ2) is 6.37. The molecule has 0 bridgehead atoms. The molecule has 3 rings (SSSR count). The Morgan fingerprint density at radius 2 is 2.20 bits per heavy atom. The van der Waals surface area contributed by atoms with Gasteiger partial charge in [-0.25, -0.2) is 4.98 Å². The zero-order chi connectivity index (χ0) is 13.8. The first-order valence-electron chi connectivity index (χ1n) is 7.23. The Morgan fingerprint density at radius 1 is 1.30 bits per heavy atom. The van der Waals surface area contributed by atoms with Gasteiger partial charge in [-0.05, 0) is 49.1 Å². The van der Waals surface area contributed by atoms with Crippen molar-refractivity contribution in [3.8, 4) is 5.75 Å². The number of hydrogen-bond acceptors (Lipinski definition) is 4. The highest BCUT2D eigenvalue weighted by Crippen LogP contribution is 2.26. The summed E-state index contributed by atoms with van der Waals surface area (Å²) in [5, 5.41) is 6.49. The first kappa shape index (κ1) is 13.6. The Balaban J connectivity index is 1.57. The summed E-state index contributed by atoms with van der Waals surface area (Å²) in [6.45, 7) is 4.48. The van der Waals surface area contributed by atoms with E-state index in [1.165, 1.54) is 30.4 Å². The number of nitrogens with zero attached hydrogens (tertiary/aromatic N) is 1. The Bertz CT molecular complexity index is 580. The number of rotatable bonds is 6. The van der Waals surface area contributed by atoms with Crippen LogP contribution >= 0.6 is 11.3 Å². The molecule has 0 amide bonds. The van der Waals surface area contributed by atoms with E-state index in [0.29, 0.717) is 6.61 Å². The Kier molecular flexibility index (Phi) is 4.33. The van der Waals surface area contributed by atoms with Gasteiger partial charge in [-0.15, -0.1) is 11.3 Å². The molecule has 1 aromatic heterocycles. The maximum Gasteiger partial charge on any atom is 0.131 e. The third-order valence-corrected chi connectivity index (χ3v) is 4.48. The smallest absolute Gasteiger partial charge is 0.131 e. The van der Waals surface area contributed by atoms with Crippen molar-refractivity contribution >= 4 is 11.3 Å². The molecule has 0 saturated heterocycles. The average molecular weight is 288 g/mol. The fourth-order valence-corrected chi connectivity index (χ4v) is 3.27. The van der Waals surface area contributed by atoms with E-state index >= 15 is 0 Å². The molecule has 2 aromatic rings. The van der Waals surface area contributed by atoms with E-state index in [1.807, 2.05) is 0 Å². The molecule has 0 unspecified atom stereocenters. The summed E-state index contributed by atoms with van der Waals surface area (Å²) in [4.78, 5) is 4.57. The van der Waals surface area contributed by atoms with E-state index in [9.17, 15) is 0 Å². The van der Waals surface area contributed by atoms with Crippen molar-refractivity contribution in [3.05, 3.63) is 45.4 Å². The fraction of sp³-hybridized carbons (Fsp3) is 0.438. The van der Waals surface area contributed by atoms with Gasteiger partial charge in [-0.3, -0.25) is 0 Å². The van der Waals surface area contributed by atoms with Crippen molar-refractivity contribution in [1.82, 2.24) is 10.3 Å². The third-order valence-electron chi connectivity index (χ3n) is 3.58. The summed E-state index contributed by atoms with van der Waals surface area (Å²) in [5.74, 6) is 0.965. The molecule has 3 nitrogen and oxygen atoms in total. The number of aromatic nitrogens is 1. The maximum atomic E-state index is 5.86. The summed E-state index contributed by atoms with van der Waals surface area (Å²) in [7, 11) is 0. The van der Waals surface area contributed by atoms with E-state index in [1.54, 1.807) is 11.3 Å². The second-order valence-corrected chi connectivity index (χ2v) is 6.03. The number of benzene rings is 1.